The van der Waals surface area contributed by atoms with Crippen LogP contribution in [-0.2, 0) is 7.05 Å². The van der Waals surface area contributed by atoms with Crippen LogP contribution < -0.4 is 5.32 Å². The summed E-state index contributed by atoms with van der Waals surface area (Å²) in [6.07, 6.45) is 1.96. The van der Waals surface area contributed by atoms with E-state index in [4.69, 9.17) is 0 Å². The van der Waals surface area contributed by atoms with E-state index in [9.17, 15) is 0 Å². The third-order valence-electron chi connectivity index (χ3n) is 2.82. The lowest BCUT2D eigenvalue weighted by Gasteiger charge is -2.16. The van der Waals surface area contributed by atoms with E-state index in [-0.39, 0.29) is 6.04 Å². The quantitative estimate of drug-likeness (QED) is 0.882. The molecule has 0 radical (unpaired) electrons. The van der Waals surface area contributed by atoms with Crippen LogP contribution in [0.5, 0.6) is 0 Å². The van der Waals surface area contributed by atoms with Gasteiger partial charge in [-0.25, -0.2) is 0 Å². The zero-order chi connectivity index (χ0) is 11.5. The molecule has 0 aliphatic heterocycles. The van der Waals surface area contributed by atoms with Crippen molar-refractivity contribution in [3.05, 3.63) is 39.8 Å². The molecule has 16 heavy (non-hydrogen) atoms. The summed E-state index contributed by atoms with van der Waals surface area (Å²) in [5.41, 5.74) is 2.49. The topological polar surface area (TPSA) is 29.9 Å². The molecule has 0 amide bonds. The van der Waals surface area contributed by atoms with Crippen LogP contribution in [0.15, 0.2) is 23.7 Å². The highest BCUT2D eigenvalue weighted by Gasteiger charge is 2.18. The van der Waals surface area contributed by atoms with Crippen LogP contribution in [0, 0.1) is 6.92 Å². The minimum atomic E-state index is 0.277. The van der Waals surface area contributed by atoms with Crippen molar-refractivity contribution in [2.24, 2.45) is 7.05 Å². The SMILES string of the molecule is CCNC(c1cccs1)c1cnn(C)c1C. The molecule has 0 fully saturated rings. The molecule has 0 aromatic carbocycles. The third-order valence-corrected chi connectivity index (χ3v) is 3.76. The Morgan fingerprint density at radius 3 is 2.88 bits per heavy atom. The molecule has 1 unspecified atom stereocenters. The standard InChI is InChI=1S/C12H17N3S/c1-4-13-12(11-6-5-7-16-11)10-8-14-15(3)9(10)2/h5-8,12-13H,4H2,1-3H3. The second-order valence-corrected chi connectivity index (χ2v) is 4.79. The molecule has 0 spiro atoms. The summed E-state index contributed by atoms with van der Waals surface area (Å²) in [5.74, 6) is 0. The second kappa shape index (κ2) is 4.80. The molecule has 0 bridgehead atoms. The number of rotatable bonds is 4. The molecule has 2 aromatic heterocycles. The van der Waals surface area contributed by atoms with E-state index in [0.29, 0.717) is 0 Å². The van der Waals surface area contributed by atoms with Crippen LogP contribution in [0.1, 0.15) is 29.1 Å². The van der Waals surface area contributed by atoms with Gasteiger partial charge < -0.3 is 5.32 Å². The first-order valence-electron chi connectivity index (χ1n) is 5.49. The van der Waals surface area contributed by atoms with Gasteiger partial charge in [0.2, 0.25) is 0 Å². The lowest BCUT2D eigenvalue weighted by Crippen LogP contribution is -2.21. The van der Waals surface area contributed by atoms with Gasteiger partial charge in [0.1, 0.15) is 0 Å². The van der Waals surface area contributed by atoms with Gasteiger partial charge in [0, 0.05) is 23.2 Å². The van der Waals surface area contributed by atoms with Gasteiger partial charge in [0.15, 0.2) is 0 Å². The van der Waals surface area contributed by atoms with Gasteiger partial charge in [-0.3, -0.25) is 4.68 Å². The molecule has 2 rings (SSSR count). The summed E-state index contributed by atoms with van der Waals surface area (Å²) in [6, 6.07) is 4.54. The Labute approximate surface area is 100 Å². The van der Waals surface area contributed by atoms with Crippen molar-refractivity contribution in [2.75, 3.05) is 6.54 Å². The molecule has 3 nitrogen and oxygen atoms in total. The van der Waals surface area contributed by atoms with Gasteiger partial charge in [0.25, 0.3) is 0 Å². The number of hydrogen-bond acceptors (Lipinski definition) is 3. The summed E-state index contributed by atoms with van der Waals surface area (Å²) >= 11 is 1.78. The molecule has 4 heteroatoms. The van der Waals surface area contributed by atoms with E-state index < -0.39 is 0 Å². The average Bonchev–Trinajstić information content (AvgIpc) is 2.89. The molecule has 0 saturated heterocycles. The highest BCUT2D eigenvalue weighted by Crippen LogP contribution is 2.27. The monoisotopic (exact) mass is 235 g/mol. The first-order chi connectivity index (χ1) is 7.74. The Morgan fingerprint density at radius 1 is 1.56 bits per heavy atom. The lowest BCUT2D eigenvalue weighted by molar-refractivity contribution is 0.633. The molecule has 1 N–H and O–H groups in total. The van der Waals surface area contributed by atoms with Crippen LogP contribution >= 0.6 is 11.3 Å². The molecule has 0 aliphatic rings. The Hall–Kier alpha value is -1.13. The number of nitrogens with one attached hydrogen (secondary N) is 1. The van der Waals surface area contributed by atoms with E-state index in [0.717, 1.165) is 6.54 Å². The molecule has 1 atom stereocenters. The highest BCUT2D eigenvalue weighted by atomic mass is 32.1. The van der Waals surface area contributed by atoms with Crippen LogP contribution in [-0.4, -0.2) is 16.3 Å². The zero-order valence-corrected chi connectivity index (χ0v) is 10.7. The number of aryl methyl sites for hydroxylation is 1. The first kappa shape index (κ1) is 11.4. The van der Waals surface area contributed by atoms with Crippen LogP contribution in [0.3, 0.4) is 0 Å². The maximum atomic E-state index is 4.31. The minimum absolute atomic E-state index is 0.277. The van der Waals surface area contributed by atoms with Gasteiger partial charge >= 0.3 is 0 Å². The Kier molecular flexibility index (Phi) is 3.41. The van der Waals surface area contributed by atoms with Gasteiger partial charge in [-0.15, -0.1) is 11.3 Å². The molecule has 0 aliphatic carbocycles. The predicted molar refractivity (Wildman–Crippen MR) is 67.8 cm³/mol. The summed E-state index contributed by atoms with van der Waals surface area (Å²) in [5, 5.41) is 9.94. The minimum Gasteiger partial charge on any atom is -0.306 e. The van der Waals surface area contributed by atoms with Crippen molar-refractivity contribution >= 4 is 11.3 Å². The maximum absolute atomic E-state index is 4.31. The molecular formula is C12H17N3S. The van der Waals surface area contributed by atoms with Crippen molar-refractivity contribution in [1.29, 1.82) is 0 Å². The largest absolute Gasteiger partial charge is 0.306 e. The molecule has 86 valence electrons. The summed E-state index contributed by atoms with van der Waals surface area (Å²) in [7, 11) is 1.98. The summed E-state index contributed by atoms with van der Waals surface area (Å²) in [6.45, 7) is 5.20. The smallest absolute Gasteiger partial charge is 0.0704 e. The van der Waals surface area contributed by atoms with Crippen molar-refractivity contribution in [3.63, 3.8) is 0 Å². The number of hydrogen-bond donors (Lipinski definition) is 1. The van der Waals surface area contributed by atoms with E-state index in [2.05, 4.69) is 41.8 Å². The average molecular weight is 235 g/mol. The zero-order valence-electron chi connectivity index (χ0n) is 9.90. The molecule has 2 aromatic rings. The first-order valence-corrected chi connectivity index (χ1v) is 6.37. The fraction of sp³-hybridized carbons (Fsp3) is 0.417. The Balaban J connectivity index is 2.37. The molecule has 0 saturated carbocycles. The second-order valence-electron chi connectivity index (χ2n) is 3.82. The number of aromatic nitrogens is 2. The fourth-order valence-corrected chi connectivity index (χ4v) is 2.64. The van der Waals surface area contributed by atoms with Gasteiger partial charge in [-0.1, -0.05) is 13.0 Å². The normalized spacial score (nSPS) is 12.9. The Morgan fingerprint density at radius 2 is 2.38 bits per heavy atom. The number of thiophene rings is 1. The predicted octanol–water partition coefficient (Wildman–Crippen LogP) is 2.49. The van der Waals surface area contributed by atoms with Crippen molar-refractivity contribution in [1.82, 2.24) is 15.1 Å². The summed E-state index contributed by atoms with van der Waals surface area (Å²) in [4.78, 5) is 1.35. The van der Waals surface area contributed by atoms with Gasteiger partial charge in [-0.05, 0) is 24.9 Å². The summed E-state index contributed by atoms with van der Waals surface area (Å²) < 4.78 is 1.92. The maximum Gasteiger partial charge on any atom is 0.0704 e. The highest BCUT2D eigenvalue weighted by molar-refractivity contribution is 7.10. The third kappa shape index (κ3) is 2.03. The van der Waals surface area contributed by atoms with Crippen LogP contribution in [0.25, 0.3) is 0 Å². The van der Waals surface area contributed by atoms with E-state index >= 15 is 0 Å². The van der Waals surface area contributed by atoms with Crippen molar-refractivity contribution in [2.45, 2.75) is 19.9 Å². The fourth-order valence-electron chi connectivity index (χ4n) is 1.82. The Bertz CT molecular complexity index is 445. The van der Waals surface area contributed by atoms with Gasteiger partial charge in [0.05, 0.1) is 12.2 Å². The van der Waals surface area contributed by atoms with E-state index in [1.807, 2.05) is 17.9 Å². The van der Waals surface area contributed by atoms with Crippen molar-refractivity contribution < 1.29 is 0 Å². The van der Waals surface area contributed by atoms with Crippen molar-refractivity contribution in [3.8, 4) is 0 Å². The van der Waals surface area contributed by atoms with E-state index in [1.54, 1.807) is 11.3 Å². The number of nitrogens with zero attached hydrogens (tertiary/aromatic N) is 2. The molecule has 2 heterocycles. The van der Waals surface area contributed by atoms with Crippen LogP contribution in [0.2, 0.25) is 0 Å². The molecular weight excluding hydrogens is 218 g/mol. The van der Waals surface area contributed by atoms with E-state index in [1.165, 1.54) is 16.1 Å². The van der Waals surface area contributed by atoms with Gasteiger partial charge in [-0.2, -0.15) is 5.10 Å². The van der Waals surface area contributed by atoms with Crippen LogP contribution in [0.4, 0.5) is 0 Å². The lowest BCUT2D eigenvalue weighted by atomic mass is 10.1.